The fraction of sp³-hybridized carbons (Fsp3) is 0.625. The van der Waals surface area contributed by atoms with Crippen molar-refractivity contribution >= 4 is 33.0 Å². The Morgan fingerprint density at radius 2 is 2.32 bits per heavy atom. The third-order valence-electron chi connectivity index (χ3n) is 4.45. The van der Waals surface area contributed by atoms with Crippen LogP contribution in [-0.2, 0) is 27.6 Å². The van der Waals surface area contributed by atoms with E-state index < -0.39 is 9.84 Å². The van der Waals surface area contributed by atoms with Crippen LogP contribution in [0.1, 0.15) is 23.8 Å². The second kappa shape index (κ2) is 7.74. The number of amides is 1. The predicted molar refractivity (Wildman–Crippen MR) is 99.6 cm³/mol. The van der Waals surface area contributed by atoms with Crippen molar-refractivity contribution in [1.82, 2.24) is 15.5 Å². The highest BCUT2D eigenvalue weighted by Crippen LogP contribution is 2.23. The molecule has 0 radical (unpaired) electrons. The SMILES string of the molecule is CCNC(=NCC(=O)N1CCc2sccc2C1)NC1CCS(=O)(=O)C1. The molecule has 1 unspecified atom stereocenters. The Bertz CT molecular complexity index is 757. The molecule has 7 nitrogen and oxygen atoms in total. The summed E-state index contributed by atoms with van der Waals surface area (Å²) in [5, 5.41) is 8.28. The first-order valence-corrected chi connectivity index (χ1v) is 11.3. The molecule has 2 aliphatic heterocycles. The summed E-state index contributed by atoms with van der Waals surface area (Å²) in [5.41, 5.74) is 1.23. The van der Waals surface area contributed by atoms with Crippen LogP contribution in [0.5, 0.6) is 0 Å². The minimum Gasteiger partial charge on any atom is -0.357 e. The van der Waals surface area contributed by atoms with E-state index in [4.69, 9.17) is 0 Å². The lowest BCUT2D eigenvalue weighted by Gasteiger charge is -2.26. The number of sulfone groups is 1. The molecule has 2 aliphatic rings. The van der Waals surface area contributed by atoms with Gasteiger partial charge < -0.3 is 15.5 Å². The number of fused-ring (bicyclic) bond motifs is 1. The highest BCUT2D eigenvalue weighted by atomic mass is 32.2. The van der Waals surface area contributed by atoms with E-state index in [1.165, 1.54) is 10.4 Å². The average molecular weight is 385 g/mol. The molecular weight excluding hydrogens is 360 g/mol. The van der Waals surface area contributed by atoms with Gasteiger partial charge in [-0.05, 0) is 36.8 Å². The molecule has 3 rings (SSSR count). The summed E-state index contributed by atoms with van der Waals surface area (Å²) in [4.78, 5) is 20.0. The van der Waals surface area contributed by atoms with E-state index in [2.05, 4.69) is 27.1 Å². The van der Waals surface area contributed by atoms with Crippen LogP contribution in [0.25, 0.3) is 0 Å². The second-order valence-electron chi connectivity index (χ2n) is 6.37. The molecule has 1 amide bonds. The minimum absolute atomic E-state index is 0.00639. The normalized spacial score (nSPS) is 22.5. The van der Waals surface area contributed by atoms with E-state index in [1.807, 2.05) is 11.8 Å². The number of carbonyl (C=O) groups excluding carboxylic acids is 1. The zero-order chi connectivity index (χ0) is 17.9. The summed E-state index contributed by atoms with van der Waals surface area (Å²) in [6.45, 7) is 4.04. The Morgan fingerprint density at radius 1 is 1.48 bits per heavy atom. The van der Waals surface area contributed by atoms with E-state index in [-0.39, 0.29) is 30.0 Å². The lowest BCUT2D eigenvalue weighted by atomic mass is 10.1. The molecule has 1 fully saturated rings. The van der Waals surface area contributed by atoms with Gasteiger partial charge in [0.1, 0.15) is 6.54 Å². The molecule has 138 valence electrons. The largest absolute Gasteiger partial charge is 0.357 e. The molecule has 1 aromatic rings. The third-order valence-corrected chi connectivity index (χ3v) is 7.24. The lowest BCUT2D eigenvalue weighted by Crippen LogP contribution is -2.45. The molecule has 25 heavy (non-hydrogen) atoms. The summed E-state index contributed by atoms with van der Waals surface area (Å²) in [5.74, 6) is 0.831. The van der Waals surface area contributed by atoms with Gasteiger partial charge in [-0.2, -0.15) is 0 Å². The molecule has 0 aliphatic carbocycles. The van der Waals surface area contributed by atoms with Gasteiger partial charge in [-0.3, -0.25) is 4.79 Å². The van der Waals surface area contributed by atoms with Crippen LogP contribution in [0.3, 0.4) is 0 Å². The Morgan fingerprint density at radius 3 is 3.04 bits per heavy atom. The maximum Gasteiger partial charge on any atom is 0.244 e. The summed E-state index contributed by atoms with van der Waals surface area (Å²) in [6.07, 6.45) is 1.48. The Labute approximate surface area is 152 Å². The van der Waals surface area contributed by atoms with Gasteiger partial charge in [0.05, 0.1) is 11.5 Å². The standard InChI is InChI=1S/C16H24N4O3S2/c1-2-17-16(19-13-5-8-25(22,23)11-13)18-9-15(21)20-6-3-14-12(10-20)4-7-24-14/h4,7,13H,2-3,5-6,8-11H2,1H3,(H2,17,18,19). The molecule has 3 heterocycles. The van der Waals surface area contributed by atoms with Crippen LogP contribution in [0.2, 0.25) is 0 Å². The summed E-state index contributed by atoms with van der Waals surface area (Å²) >= 11 is 1.75. The third kappa shape index (κ3) is 4.72. The van der Waals surface area contributed by atoms with Gasteiger partial charge in [-0.25, -0.2) is 13.4 Å². The summed E-state index contributed by atoms with van der Waals surface area (Å²) in [6, 6.07) is 1.94. The number of carbonyl (C=O) groups is 1. The van der Waals surface area contributed by atoms with Gasteiger partial charge in [0.15, 0.2) is 15.8 Å². The highest BCUT2D eigenvalue weighted by molar-refractivity contribution is 7.91. The number of hydrogen-bond acceptors (Lipinski definition) is 5. The number of rotatable bonds is 4. The zero-order valence-electron chi connectivity index (χ0n) is 14.3. The number of thiophene rings is 1. The van der Waals surface area contributed by atoms with Crippen molar-refractivity contribution in [2.24, 2.45) is 4.99 Å². The number of nitrogens with zero attached hydrogens (tertiary/aromatic N) is 2. The van der Waals surface area contributed by atoms with Gasteiger partial charge in [-0.15, -0.1) is 11.3 Å². The van der Waals surface area contributed by atoms with Crippen molar-refractivity contribution in [3.8, 4) is 0 Å². The van der Waals surface area contributed by atoms with E-state index in [0.717, 1.165) is 13.0 Å². The maximum atomic E-state index is 12.4. The van der Waals surface area contributed by atoms with Crippen LogP contribution in [0.4, 0.5) is 0 Å². The van der Waals surface area contributed by atoms with Crippen molar-refractivity contribution in [2.75, 3.05) is 31.1 Å². The van der Waals surface area contributed by atoms with Crippen molar-refractivity contribution in [3.63, 3.8) is 0 Å². The first-order valence-electron chi connectivity index (χ1n) is 8.55. The molecule has 0 aromatic carbocycles. The molecule has 9 heteroatoms. The number of aliphatic imine (C=N–C) groups is 1. The fourth-order valence-corrected chi connectivity index (χ4v) is 5.69. The van der Waals surface area contributed by atoms with Crippen LogP contribution >= 0.6 is 11.3 Å². The minimum atomic E-state index is -2.95. The number of hydrogen-bond donors (Lipinski definition) is 2. The molecule has 1 aromatic heterocycles. The lowest BCUT2D eigenvalue weighted by molar-refractivity contribution is -0.130. The molecule has 1 atom stereocenters. The van der Waals surface area contributed by atoms with Crippen LogP contribution in [0, 0.1) is 0 Å². The smallest absolute Gasteiger partial charge is 0.244 e. The van der Waals surface area contributed by atoms with E-state index in [0.29, 0.717) is 25.5 Å². The van der Waals surface area contributed by atoms with E-state index in [9.17, 15) is 13.2 Å². The van der Waals surface area contributed by atoms with Gasteiger partial charge in [-0.1, -0.05) is 0 Å². The summed E-state index contributed by atoms with van der Waals surface area (Å²) < 4.78 is 23.1. The zero-order valence-corrected chi connectivity index (χ0v) is 16.0. The van der Waals surface area contributed by atoms with Crippen LogP contribution < -0.4 is 10.6 Å². The number of guanidine groups is 1. The number of nitrogens with one attached hydrogen (secondary N) is 2. The Hall–Kier alpha value is -1.61. The van der Waals surface area contributed by atoms with Crippen LogP contribution in [0.15, 0.2) is 16.4 Å². The van der Waals surface area contributed by atoms with Crippen molar-refractivity contribution in [1.29, 1.82) is 0 Å². The molecule has 1 saturated heterocycles. The maximum absolute atomic E-state index is 12.4. The van der Waals surface area contributed by atoms with Gasteiger partial charge in [0.25, 0.3) is 0 Å². The van der Waals surface area contributed by atoms with Crippen molar-refractivity contribution < 1.29 is 13.2 Å². The molecule has 2 N–H and O–H groups in total. The molecule has 0 spiro atoms. The monoisotopic (exact) mass is 384 g/mol. The average Bonchev–Trinajstić information content (AvgIpc) is 3.17. The molecule has 0 saturated carbocycles. The Balaban J connectivity index is 1.57. The predicted octanol–water partition coefficient (Wildman–Crippen LogP) is 0.375. The van der Waals surface area contributed by atoms with Crippen molar-refractivity contribution in [2.45, 2.75) is 32.4 Å². The quantitative estimate of drug-likeness (QED) is 0.578. The van der Waals surface area contributed by atoms with E-state index in [1.54, 1.807) is 11.3 Å². The highest BCUT2D eigenvalue weighted by Gasteiger charge is 2.28. The fourth-order valence-electron chi connectivity index (χ4n) is 3.13. The first kappa shape index (κ1) is 18.2. The molecule has 0 bridgehead atoms. The van der Waals surface area contributed by atoms with Gasteiger partial charge in [0.2, 0.25) is 5.91 Å². The van der Waals surface area contributed by atoms with E-state index >= 15 is 0 Å². The summed E-state index contributed by atoms with van der Waals surface area (Å²) in [7, 11) is -2.95. The Kier molecular flexibility index (Phi) is 5.63. The van der Waals surface area contributed by atoms with Crippen LogP contribution in [-0.4, -0.2) is 62.4 Å². The van der Waals surface area contributed by atoms with Crippen molar-refractivity contribution in [3.05, 3.63) is 21.9 Å². The molecular formula is C16H24N4O3S2. The first-order chi connectivity index (χ1) is 12.0. The van der Waals surface area contributed by atoms with Gasteiger partial charge in [0, 0.05) is 30.6 Å². The topological polar surface area (TPSA) is 90.9 Å². The van der Waals surface area contributed by atoms with Gasteiger partial charge >= 0.3 is 0 Å². The second-order valence-corrected chi connectivity index (χ2v) is 9.60.